The smallest absolute Gasteiger partial charge is 0.341 e. The third kappa shape index (κ3) is 2.75. The topological polar surface area (TPSA) is 39.4 Å². The molecule has 0 spiro atoms. The number of carbonyl (C=O) groups excluding carboxylic acids is 1. The first-order valence-corrected chi connectivity index (χ1v) is 5.57. The fraction of sp³-hybridized carbons (Fsp3) is 0.214. The normalized spacial score (nSPS) is 10.2. The fourth-order valence-electron chi connectivity index (χ4n) is 1.66. The molecule has 88 valence electrons. The minimum absolute atomic E-state index is 0.327. The lowest BCUT2D eigenvalue weighted by Crippen LogP contribution is -2.06. The van der Waals surface area contributed by atoms with Crippen LogP contribution in [0.15, 0.2) is 47.3 Å². The summed E-state index contributed by atoms with van der Waals surface area (Å²) in [6.07, 6.45) is 3.71. The van der Waals surface area contributed by atoms with Crippen LogP contribution in [0.2, 0.25) is 0 Å². The van der Waals surface area contributed by atoms with Gasteiger partial charge in [-0.1, -0.05) is 30.3 Å². The lowest BCUT2D eigenvalue weighted by Gasteiger charge is -2.02. The summed E-state index contributed by atoms with van der Waals surface area (Å²) in [6, 6.07) is 9.94. The Balaban J connectivity index is 2.17. The molecule has 17 heavy (non-hydrogen) atoms. The van der Waals surface area contributed by atoms with Crippen molar-refractivity contribution in [2.75, 3.05) is 6.61 Å². The van der Waals surface area contributed by atoms with Crippen molar-refractivity contribution in [3.05, 3.63) is 59.5 Å². The molecule has 0 saturated carbocycles. The maximum Gasteiger partial charge on any atom is 0.341 e. The molecule has 2 rings (SSSR count). The van der Waals surface area contributed by atoms with Crippen LogP contribution in [0.3, 0.4) is 0 Å². The molecule has 1 aromatic heterocycles. The summed E-state index contributed by atoms with van der Waals surface area (Å²) in [5.41, 5.74) is 2.50. The van der Waals surface area contributed by atoms with E-state index in [-0.39, 0.29) is 5.97 Å². The Morgan fingerprint density at radius 2 is 2.00 bits per heavy atom. The van der Waals surface area contributed by atoms with Crippen molar-refractivity contribution in [2.24, 2.45) is 0 Å². The van der Waals surface area contributed by atoms with Gasteiger partial charge in [-0.05, 0) is 12.5 Å². The third-order valence-corrected chi connectivity index (χ3v) is 2.47. The zero-order valence-corrected chi connectivity index (χ0v) is 9.68. The van der Waals surface area contributed by atoms with Gasteiger partial charge in [0.2, 0.25) is 0 Å². The summed E-state index contributed by atoms with van der Waals surface area (Å²) >= 11 is 0. The van der Waals surface area contributed by atoms with Gasteiger partial charge in [0.25, 0.3) is 0 Å². The highest BCUT2D eigenvalue weighted by atomic mass is 16.5. The number of benzene rings is 1. The second-order valence-corrected chi connectivity index (χ2v) is 3.69. The van der Waals surface area contributed by atoms with Crippen LogP contribution in [0.1, 0.15) is 28.4 Å². The van der Waals surface area contributed by atoms with Crippen LogP contribution < -0.4 is 0 Å². The van der Waals surface area contributed by atoms with E-state index in [2.05, 4.69) is 0 Å². The van der Waals surface area contributed by atoms with E-state index in [1.165, 1.54) is 6.26 Å². The van der Waals surface area contributed by atoms with Gasteiger partial charge in [0.1, 0.15) is 11.8 Å². The Bertz CT molecular complexity index is 485. The first kappa shape index (κ1) is 11.5. The van der Waals surface area contributed by atoms with Crippen LogP contribution in [0.5, 0.6) is 0 Å². The molecule has 0 fully saturated rings. The van der Waals surface area contributed by atoms with E-state index in [9.17, 15) is 4.79 Å². The average molecular weight is 230 g/mol. The minimum Gasteiger partial charge on any atom is -0.471 e. The van der Waals surface area contributed by atoms with E-state index < -0.39 is 0 Å². The van der Waals surface area contributed by atoms with E-state index in [1.807, 2.05) is 30.3 Å². The largest absolute Gasteiger partial charge is 0.471 e. The second kappa shape index (κ2) is 5.34. The summed E-state index contributed by atoms with van der Waals surface area (Å²) in [7, 11) is 0. The van der Waals surface area contributed by atoms with Gasteiger partial charge in [-0.15, -0.1) is 0 Å². The highest BCUT2D eigenvalue weighted by Gasteiger charge is 2.14. The van der Waals surface area contributed by atoms with Gasteiger partial charge >= 0.3 is 5.97 Å². The predicted molar refractivity (Wildman–Crippen MR) is 63.9 cm³/mol. The maximum absolute atomic E-state index is 11.6. The summed E-state index contributed by atoms with van der Waals surface area (Å²) in [5, 5.41) is 0. The fourth-order valence-corrected chi connectivity index (χ4v) is 1.66. The predicted octanol–water partition coefficient (Wildman–Crippen LogP) is 3.05. The van der Waals surface area contributed by atoms with Gasteiger partial charge in [0.05, 0.1) is 12.9 Å². The van der Waals surface area contributed by atoms with Crippen molar-refractivity contribution in [2.45, 2.75) is 13.3 Å². The first-order valence-electron chi connectivity index (χ1n) is 5.57. The van der Waals surface area contributed by atoms with Gasteiger partial charge in [0.15, 0.2) is 0 Å². The monoisotopic (exact) mass is 230 g/mol. The van der Waals surface area contributed by atoms with Crippen LogP contribution in [-0.4, -0.2) is 12.6 Å². The quantitative estimate of drug-likeness (QED) is 0.758. The molecule has 0 amide bonds. The van der Waals surface area contributed by atoms with Crippen LogP contribution in [0, 0.1) is 0 Å². The standard InChI is InChI=1S/C14H14O3/c1-2-17-14(15)13-10-16-9-12(13)8-11-6-4-3-5-7-11/h3-7,9-10H,2,8H2,1H3. The molecule has 0 N–H and O–H groups in total. The molecule has 2 aromatic rings. The number of esters is 1. The van der Waals surface area contributed by atoms with E-state index in [0.717, 1.165) is 11.1 Å². The van der Waals surface area contributed by atoms with Crippen LogP contribution in [0.25, 0.3) is 0 Å². The minimum atomic E-state index is -0.327. The van der Waals surface area contributed by atoms with Crippen molar-refractivity contribution in [3.8, 4) is 0 Å². The zero-order chi connectivity index (χ0) is 12.1. The summed E-state index contributed by atoms with van der Waals surface area (Å²) < 4.78 is 10.1. The Morgan fingerprint density at radius 3 is 2.71 bits per heavy atom. The number of rotatable bonds is 4. The molecular formula is C14H14O3. The van der Waals surface area contributed by atoms with Crippen molar-refractivity contribution < 1.29 is 13.9 Å². The Labute approximate surface area is 100 Å². The number of furan rings is 1. The number of ether oxygens (including phenoxy) is 1. The van der Waals surface area contributed by atoms with E-state index in [1.54, 1.807) is 13.2 Å². The Hall–Kier alpha value is -2.03. The number of carbonyl (C=O) groups is 1. The van der Waals surface area contributed by atoms with Gasteiger partial charge in [-0.25, -0.2) is 4.79 Å². The molecule has 1 aromatic carbocycles. The van der Waals surface area contributed by atoms with Gasteiger partial charge in [-0.3, -0.25) is 0 Å². The molecule has 0 aliphatic carbocycles. The van der Waals surface area contributed by atoms with E-state index >= 15 is 0 Å². The van der Waals surface area contributed by atoms with Crippen LogP contribution in [-0.2, 0) is 11.2 Å². The maximum atomic E-state index is 11.6. The molecule has 0 aliphatic rings. The number of hydrogen-bond donors (Lipinski definition) is 0. The van der Waals surface area contributed by atoms with Crippen molar-refractivity contribution in [1.82, 2.24) is 0 Å². The van der Waals surface area contributed by atoms with Crippen LogP contribution >= 0.6 is 0 Å². The first-order chi connectivity index (χ1) is 8.31. The molecule has 0 aliphatic heterocycles. The molecule has 3 nitrogen and oxygen atoms in total. The summed E-state index contributed by atoms with van der Waals surface area (Å²) in [4.78, 5) is 11.6. The molecule has 0 radical (unpaired) electrons. The molecule has 3 heteroatoms. The molecule has 0 unspecified atom stereocenters. The molecular weight excluding hydrogens is 216 g/mol. The van der Waals surface area contributed by atoms with E-state index in [0.29, 0.717) is 18.6 Å². The van der Waals surface area contributed by atoms with E-state index in [4.69, 9.17) is 9.15 Å². The second-order valence-electron chi connectivity index (χ2n) is 3.69. The van der Waals surface area contributed by atoms with Crippen LogP contribution in [0.4, 0.5) is 0 Å². The molecule has 1 heterocycles. The molecule has 0 atom stereocenters. The van der Waals surface area contributed by atoms with Crippen molar-refractivity contribution >= 4 is 5.97 Å². The van der Waals surface area contributed by atoms with Crippen molar-refractivity contribution in [1.29, 1.82) is 0 Å². The number of hydrogen-bond acceptors (Lipinski definition) is 3. The Morgan fingerprint density at radius 1 is 1.24 bits per heavy atom. The summed E-state index contributed by atoms with van der Waals surface area (Å²) in [6.45, 7) is 2.16. The highest BCUT2D eigenvalue weighted by molar-refractivity contribution is 5.90. The Kier molecular flexibility index (Phi) is 3.60. The van der Waals surface area contributed by atoms with Crippen molar-refractivity contribution in [3.63, 3.8) is 0 Å². The van der Waals surface area contributed by atoms with Gasteiger partial charge in [0, 0.05) is 12.0 Å². The molecule has 0 bridgehead atoms. The van der Waals surface area contributed by atoms with Gasteiger partial charge in [-0.2, -0.15) is 0 Å². The lowest BCUT2D eigenvalue weighted by molar-refractivity contribution is 0.0524. The third-order valence-electron chi connectivity index (χ3n) is 2.47. The van der Waals surface area contributed by atoms with Gasteiger partial charge < -0.3 is 9.15 Å². The lowest BCUT2D eigenvalue weighted by atomic mass is 10.0. The zero-order valence-electron chi connectivity index (χ0n) is 9.68. The highest BCUT2D eigenvalue weighted by Crippen LogP contribution is 2.16. The SMILES string of the molecule is CCOC(=O)c1cocc1Cc1ccccc1. The molecule has 0 saturated heterocycles. The average Bonchev–Trinajstić information content (AvgIpc) is 2.79. The summed E-state index contributed by atoms with van der Waals surface area (Å²) in [5.74, 6) is -0.327.